The Balaban J connectivity index is 3.37. The second-order valence-corrected chi connectivity index (χ2v) is 17.2. The lowest BCUT2D eigenvalue weighted by Crippen LogP contribution is -2.27. The fraction of sp³-hybridized carbons (Fsp3) is 0.904. The molecule has 0 aromatic carbocycles. The zero-order valence-electron chi connectivity index (χ0n) is 38.2. The summed E-state index contributed by atoms with van der Waals surface area (Å²) in [6, 6.07) is 0. The lowest BCUT2D eigenvalue weighted by molar-refractivity contribution is -0.154. The molecule has 0 heterocycles. The van der Waals surface area contributed by atoms with Crippen LogP contribution in [-0.4, -0.2) is 37.0 Å². The van der Waals surface area contributed by atoms with Crippen LogP contribution >= 0.6 is 0 Å². The molecular formula is C52H100O4. The fourth-order valence-corrected chi connectivity index (χ4v) is 7.71. The molecule has 0 bridgehead atoms. The van der Waals surface area contributed by atoms with Crippen molar-refractivity contribution in [1.29, 1.82) is 0 Å². The molecule has 4 heteroatoms. The summed E-state index contributed by atoms with van der Waals surface area (Å²) in [6.45, 7) is 5.38. The molecule has 1 unspecified atom stereocenters. The molecule has 0 rings (SSSR count). The van der Waals surface area contributed by atoms with Crippen molar-refractivity contribution >= 4 is 5.97 Å². The molecule has 0 amide bonds. The van der Waals surface area contributed by atoms with Gasteiger partial charge in [-0.2, -0.15) is 0 Å². The van der Waals surface area contributed by atoms with Crippen LogP contribution in [0.4, 0.5) is 0 Å². The highest BCUT2D eigenvalue weighted by molar-refractivity contribution is 5.69. The van der Waals surface area contributed by atoms with Crippen molar-refractivity contribution in [3.8, 4) is 0 Å². The smallest absolute Gasteiger partial charge is 0.306 e. The first-order chi connectivity index (χ1) is 27.7. The molecule has 0 aromatic rings. The maximum Gasteiger partial charge on any atom is 0.306 e. The van der Waals surface area contributed by atoms with Crippen molar-refractivity contribution in [2.75, 3.05) is 19.8 Å². The lowest BCUT2D eigenvalue weighted by atomic mass is 10.0. The van der Waals surface area contributed by atoms with E-state index < -0.39 is 6.10 Å². The third-order valence-electron chi connectivity index (χ3n) is 11.5. The Morgan fingerprint density at radius 1 is 0.429 bits per heavy atom. The number of carbonyl (C=O) groups excluding carboxylic acids is 1. The maximum atomic E-state index is 12.3. The molecule has 0 fully saturated rings. The SMILES string of the molecule is CCCCCCC/C=C\C/C=C\CCCCCCCCCCCC(=O)OC(CO)COCCCCCCCCCCCCCCCCCCCCCCCCC. The molecule has 332 valence electrons. The van der Waals surface area contributed by atoms with E-state index in [-0.39, 0.29) is 12.6 Å². The first kappa shape index (κ1) is 54.9. The molecule has 0 saturated carbocycles. The van der Waals surface area contributed by atoms with Gasteiger partial charge in [-0.25, -0.2) is 0 Å². The van der Waals surface area contributed by atoms with Gasteiger partial charge in [-0.15, -0.1) is 0 Å². The first-order valence-electron chi connectivity index (χ1n) is 25.4. The highest BCUT2D eigenvalue weighted by atomic mass is 16.6. The quantitative estimate of drug-likeness (QED) is 0.0379. The predicted molar refractivity (Wildman–Crippen MR) is 247 cm³/mol. The van der Waals surface area contributed by atoms with E-state index in [0.29, 0.717) is 19.6 Å². The number of esters is 1. The zero-order chi connectivity index (χ0) is 40.5. The van der Waals surface area contributed by atoms with Gasteiger partial charge < -0.3 is 14.6 Å². The van der Waals surface area contributed by atoms with Gasteiger partial charge in [-0.05, 0) is 44.9 Å². The Morgan fingerprint density at radius 3 is 1.11 bits per heavy atom. The van der Waals surface area contributed by atoms with Crippen molar-refractivity contribution in [1.82, 2.24) is 0 Å². The average Bonchev–Trinajstić information content (AvgIpc) is 3.20. The topological polar surface area (TPSA) is 55.8 Å². The summed E-state index contributed by atoms with van der Waals surface area (Å²) in [5.41, 5.74) is 0. The standard InChI is InChI=1S/C52H100O4/c1-3-5-7-9-11-13-15-17-19-21-23-25-26-28-30-32-34-36-38-40-42-44-46-48-55-50-51(49-53)56-52(54)47-45-43-41-39-37-35-33-31-29-27-24-22-20-18-16-14-12-10-8-6-4-2/h16,18,22,24,51,53H,3-15,17,19-21,23,25-50H2,1-2H3/b18-16-,24-22-. The highest BCUT2D eigenvalue weighted by Gasteiger charge is 2.13. The van der Waals surface area contributed by atoms with Crippen molar-refractivity contribution in [3.05, 3.63) is 24.3 Å². The summed E-state index contributed by atoms with van der Waals surface area (Å²) in [7, 11) is 0. The average molecular weight is 789 g/mol. The molecule has 1 atom stereocenters. The van der Waals surface area contributed by atoms with E-state index in [1.54, 1.807) is 0 Å². The predicted octanol–water partition coefficient (Wildman–Crippen LogP) is 17.1. The molecule has 4 nitrogen and oxygen atoms in total. The van der Waals surface area contributed by atoms with Gasteiger partial charge in [0.1, 0.15) is 6.10 Å². The number of aliphatic hydroxyl groups excluding tert-OH is 1. The minimum absolute atomic E-state index is 0.169. The molecular weight excluding hydrogens is 689 g/mol. The Hall–Kier alpha value is -1.13. The van der Waals surface area contributed by atoms with Crippen LogP contribution in [0.25, 0.3) is 0 Å². The minimum Gasteiger partial charge on any atom is -0.457 e. The van der Waals surface area contributed by atoms with Crippen molar-refractivity contribution in [2.45, 2.75) is 283 Å². The monoisotopic (exact) mass is 789 g/mol. The van der Waals surface area contributed by atoms with Crippen LogP contribution in [0.15, 0.2) is 24.3 Å². The third kappa shape index (κ3) is 47.2. The molecule has 0 spiro atoms. The number of unbranched alkanes of at least 4 members (excludes halogenated alkanes) is 36. The Kier molecular flexibility index (Phi) is 49.0. The molecule has 56 heavy (non-hydrogen) atoms. The van der Waals surface area contributed by atoms with Gasteiger partial charge >= 0.3 is 5.97 Å². The van der Waals surface area contributed by atoms with Gasteiger partial charge in [0.2, 0.25) is 0 Å². The lowest BCUT2D eigenvalue weighted by Gasteiger charge is -2.16. The van der Waals surface area contributed by atoms with Crippen molar-refractivity contribution in [2.24, 2.45) is 0 Å². The largest absolute Gasteiger partial charge is 0.457 e. The Morgan fingerprint density at radius 2 is 0.750 bits per heavy atom. The van der Waals surface area contributed by atoms with Gasteiger partial charge in [0.25, 0.3) is 0 Å². The summed E-state index contributed by atoms with van der Waals surface area (Å²) in [4.78, 5) is 12.3. The molecule has 0 aliphatic carbocycles. The van der Waals surface area contributed by atoms with E-state index in [0.717, 1.165) is 25.7 Å². The van der Waals surface area contributed by atoms with Crippen LogP contribution in [0.3, 0.4) is 0 Å². The minimum atomic E-state index is -0.533. The van der Waals surface area contributed by atoms with Gasteiger partial charge in [0, 0.05) is 13.0 Å². The highest BCUT2D eigenvalue weighted by Crippen LogP contribution is 2.16. The summed E-state index contributed by atoms with van der Waals surface area (Å²) in [5, 5.41) is 9.65. The summed E-state index contributed by atoms with van der Waals surface area (Å²) in [6.07, 6.45) is 62.7. The molecule has 0 aromatic heterocycles. The normalized spacial score (nSPS) is 12.4. The number of allylic oxidation sites excluding steroid dienone is 4. The van der Waals surface area contributed by atoms with E-state index in [1.165, 1.54) is 231 Å². The Labute approximate surface area is 351 Å². The van der Waals surface area contributed by atoms with Gasteiger partial charge in [-0.3, -0.25) is 4.79 Å². The summed E-state index contributed by atoms with van der Waals surface area (Å²) in [5.74, 6) is -0.199. The number of hydrogen-bond donors (Lipinski definition) is 1. The van der Waals surface area contributed by atoms with Gasteiger partial charge in [0.15, 0.2) is 0 Å². The van der Waals surface area contributed by atoms with Crippen molar-refractivity contribution < 1.29 is 19.4 Å². The van der Waals surface area contributed by atoms with E-state index >= 15 is 0 Å². The van der Waals surface area contributed by atoms with Gasteiger partial charge in [0.05, 0.1) is 13.2 Å². The van der Waals surface area contributed by atoms with Crippen molar-refractivity contribution in [3.63, 3.8) is 0 Å². The molecule has 0 saturated heterocycles. The summed E-state index contributed by atoms with van der Waals surface area (Å²) >= 11 is 0. The van der Waals surface area contributed by atoms with Gasteiger partial charge in [-0.1, -0.05) is 250 Å². The number of rotatable bonds is 48. The zero-order valence-corrected chi connectivity index (χ0v) is 38.2. The number of carbonyl (C=O) groups is 1. The van der Waals surface area contributed by atoms with E-state index in [4.69, 9.17) is 9.47 Å². The number of aliphatic hydroxyl groups is 1. The number of hydrogen-bond acceptors (Lipinski definition) is 4. The molecule has 0 radical (unpaired) electrons. The van der Waals surface area contributed by atoms with Crippen LogP contribution in [0.1, 0.15) is 277 Å². The maximum absolute atomic E-state index is 12.3. The van der Waals surface area contributed by atoms with E-state index in [1.807, 2.05) is 0 Å². The molecule has 1 N–H and O–H groups in total. The van der Waals surface area contributed by atoms with Crippen LogP contribution in [0.2, 0.25) is 0 Å². The van der Waals surface area contributed by atoms with Crippen LogP contribution in [-0.2, 0) is 14.3 Å². The van der Waals surface area contributed by atoms with E-state index in [2.05, 4.69) is 38.2 Å². The van der Waals surface area contributed by atoms with E-state index in [9.17, 15) is 9.90 Å². The van der Waals surface area contributed by atoms with Crippen LogP contribution in [0, 0.1) is 0 Å². The summed E-state index contributed by atoms with van der Waals surface area (Å²) < 4.78 is 11.2. The van der Waals surface area contributed by atoms with Crippen LogP contribution in [0.5, 0.6) is 0 Å². The molecule has 0 aliphatic heterocycles. The first-order valence-corrected chi connectivity index (χ1v) is 25.4. The second-order valence-electron chi connectivity index (χ2n) is 17.2. The Bertz CT molecular complexity index is 792. The van der Waals surface area contributed by atoms with Crippen LogP contribution < -0.4 is 0 Å². The second kappa shape index (κ2) is 50.0. The number of ether oxygens (including phenoxy) is 2. The molecule has 0 aliphatic rings. The fourth-order valence-electron chi connectivity index (χ4n) is 7.71. The third-order valence-corrected chi connectivity index (χ3v) is 11.5.